The van der Waals surface area contributed by atoms with Crippen molar-refractivity contribution in [1.29, 1.82) is 0 Å². The van der Waals surface area contributed by atoms with Crippen LogP contribution in [0.2, 0.25) is 0 Å². The predicted octanol–water partition coefficient (Wildman–Crippen LogP) is 2.92. The van der Waals surface area contributed by atoms with Crippen molar-refractivity contribution < 1.29 is 23.5 Å². The number of likely N-dealkylation sites (tertiary alicyclic amines) is 1. The molecule has 2 aliphatic rings. The lowest BCUT2D eigenvalue weighted by molar-refractivity contribution is -0.142. The zero-order valence-electron chi connectivity index (χ0n) is 12.7. The normalized spacial score (nSPS) is 26.9. The number of carbonyl (C=O) groups excluding carboxylic acids is 1. The smallest absolute Gasteiger partial charge is 0.305 e. The van der Waals surface area contributed by atoms with Crippen molar-refractivity contribution in [2.24, 2.45) is 5.92 Å². The van der Waals surface area contributed by atoms with Crippen molar-refractivity contribution >= 4 is 11.9 Å². The fraction of sp³-hybridized carbons (Fsp3) is 0.529. The van der Waals surface area contributed by atoms with Crippen LogP contribution in [0.3, 0.4) is 0 Å². The van der Waals surface area contributed by atoms with Gasteiger partial charge in [-0.3, -0.25) is 9.59 Å². The van der Waals surface area contributed by atoms with E-state index in [1.54, 1.807) is 4.90 Å². The summed E-state index contributed by atoms with van der Waals surface area (Å²) in [5.41, 5.74) is 0.633. The molecule has 3 atom stereocenters. The molecule has 4 nitrogen and oxygen atoms in total. The van der Waals surface area contributed by atoms with Gasteiger partial charge in [0.15, 0.2) is 11.6 Å². The van der Waals surface area contributed by atoms with E-state index in [1.165, 1.54) is 6.07 Å². The van der Waals surface area contributed by atoms with Gasteiger partial charge in [0.2, 0.25) is 5.91 Å². The molecule has 1 saturated heterocycles. The highest BCUT2D eigenvalue weighted by atomic mass is 19.2. The molecule has 1 saturated carbocycles. The molecule has 1 aliphatic carbocycles. The monoisotopic (exact) mass is 323 g/mol. The van der Waals surface area contributed by atoms with Crippen LogP contribution in [-0.4, -0.2) is 34.5 Å². The lowest BCUT2D eigenvalue weighted by Gasteiger charge is -2.35. The Hall–Kier alpha value is -1.98. The molecule has 1 aromatic carbocycles. The number of hydrogen-bond acceptors (Lipinski definition) is 2. The van der Waals surface area contributed by atoms with Gasteiger partial charge in [-0.05, 0) is 49.3 Å². The maximum Gasteiger partial charge on any atom is 0.305 e. The van der Waals surface area contributed by atoms with Gasteiger partial charge in [0, 0.05) is 18.5 Å². The van der Waals surface area contributed by atoms with Gasteiger partial charge in [-0.2, -0.15) is 0 Å². The average molecular weight is 323 g/mol. The number of rotatable bonds is 4. The van der Waals surface area contributed by atoms with Crippen molar-refractivity contribution in [3.63, 3.8) is 0 Å². The Morgan fingerprint density at radius 2 is 2.00 bits per heavy atom. The molecule has 3 rings (SSSR count). The Morgan fingerprint density at radius 1 is 1.22 bits per heavy atom. The number of carboxylic acid groups (broad SMARTS) is 1. The Balaban J connectivity index is 1.68. The first-order valence-corrected chi connectivity index (χ1v) is 7.94. The fourth-order valence-electron chi connectivity index (χ4n) is 3.50. The molecule has 1 N–H and O–H groups in total. The van der Waals surface area contributed by atoms with Gasteiger partial charge in [-0.25, -0.2) is 8.78 Å². The number of carboxylic acids is 1. The first-order chi connectivity index (χ1) is 11.0. The van der Waals surface area contributed by atoms with Crippen LogP contribution in [0, 0.1) is 17.6 Å². The van der Waals surface area contributed by atoms with Crippen molar-refractivity contribution in [3.8, 4) is 0 Å². The maximum absolute atomic E-state index is 13.3. The Labute approximate surface area is 133 Å². The number of hydrogen-bond donors (Lipinski definition) is 1. The summed E-state index contributed by atoms with van der Waals surface area (Å²) in [5, 5.41) is 8.99. The van der Waals surface area contributed by atoms with E-state index in [-0.39, 0.29) is 30.2 Å². The van der Waals surface area contributed by atoms with Gasteiger partial charge in [0.25, 0.3) is 0 Å². The number of amides is 1. The lowest BCUT2D eigenvalue weighted by Crippen LogP contribution is -2.45. The Morgan fingerprint density at radius 3 is 2.70 bits per heavy atom. The number of aliphatic carboxylic acids is 1. The van der Waals surface area contributed by atoms with E-state index < -0.39 is 17.6 Å². The first kappa shape index (κ1) is 15.9. The van der Waals surface area contributed by atoms with E-state index >= 15 is 0 Å². The standard InChI is InChI=1S/C17H19F2NO3/c18-14-5-4-10(7-15(14)19)12-9-13(12)17(23)20-6-2-1-3-11(20)8-16(21)22/h4-5,7,11-13H,1-3,6,8-9H2,(H,21,22). The van der Waals surface area contributed by atoms with E-state index in [2.05, 4.69) is 0 Å². The molecular weight excluding hydrogens is 304 g/mol. The third-order valence-corrected chi connectivity index (χ3v) is 4.80. The second-order valence-electron chi connectivity index (χ2n) is 6.40. The van der Waals surface area contributed by atoms with Crippen molar-refractivity contribution in [1.82, 2.24) is 4.90 Å². The minimum atomic E-state index is -0.901. The molecule has 1 amide bonds. The second-order valence-corrected chi connectivity index (χ2v) is 6.40. The van der Waals surface area contributed by atoms with Crippen LogP contribution in [0.1, 0.15) is 43.6 Å². The predicted molar refractivity (Wildman–Crippen MR) is 78.8 cm³/mol. The van der Waals surface area contributed by atoms with Crippen molar-refractivity contribution in [2.75, 3.05) is 6.54 Å². The Bertz CT molecular complexity index is 634. The summed E-state index contributed by atoms with van der Waals surface area (Å²) in [4.78, 5) is 25.3. The summed E-state index contributed by atoms with van der Waals surface area (Å²) in [6.07, 6.45) is 3.10. The quantitative estimate of drug-likeness (QED) is 0.927. The van der Waals surface area contributed by atoms with E-state index in [1.807, 2.05) is 0 Å². The third kappa shape index (κ3) is 3.35. The molecular formula is C17H19F2NO3. The van der Waals surface area contributed by atoms with Gasteiger partial charge < -0.3 is 10.0 Å². The summed E-state index contributed by atoms with van der Waals surface area (Å²) in [7, 11) is 0. The van der Waals surface area contributed by atoms with Crippen LogP contribution >= 0.6 is 0 Å². The third-order valence-electron chi connectivity index (χ3n) is 4.80. The molecule has 0 radical (unpaired) electrons. The summed E-state index contributed by atoms with van der Waals surface area (Å²) < 4.78 is 26.3. The molecule has 0 spiro atoms. The SMILES string of the molecule is O=C(O)CC1CCCCN1C(=O)C1CC1c1ccc(F)c(F)c1. The second kappa shape index (κ2) is 6.26. The maximum atomic E-state index is 13.3. The highest BCUT2D eigenvalue weighted by Gasteiger charge is 2.47. The molecule has 124 valence electrons. The zero-order valence-corrected chi connectivity index (χ0v) is 12.7. The summed E-state index contributed by atoms with van der Waals surface area (Å²) >= 11 is 0. The molecule has 3 unspecified atom stereocenters. The van der Waals surface area contributed by atoms with E-state index in [4.69, 9.17) is 5.11 Å². The van der Waals surface area contributed by atoms with Crippen LogP contribution in [0.5, 0.6) is 0 Å². The van der Waals surface area contributed by atoms with Crippen LogP contribution < -0.4 is 0 Å². The average Bonchev–Trinajstić information content (AvgIpc) is 3.30. The van der Waals surface area contributed by atoms with E-state index in [0.717, 1.165) is 25.0 Å². The summed E-state index contributed by atoms with van der Waals surface area (Å²) in [5.74, 6) is -3.08. The van der Waals surface area contributed by atoms with Gasteiger partial charge in [-0.1, -0.05) is 6.07 Å². The largest absolute Gasteiger partial charge is 0.481 e. The number of benzene rings is 1. The van der Waals surface area contributed by atoms with Crippen molar-refractivity contribution in [2.45, 2.75) is 44.1 Å². The zero-order chi connectivity index (χ0) is 16.6. The minimum Gasteiger partial charge on any atom is -0.481 e. The number of nitrogens with zero attached hydrogens (tertiary/aromatic N) is 1. The van der Waals surface area contributed by atoms with Gasteiger partial charge in [0.05, 0.1) is 6.42 Å². The topological polar surface area (TPSA) is 57.6 Å². The van der Waals surface area contributed by atoms with E-state index in [9.17, 15) is 18.4 Å². The lowest BCUT2D eigenvalue weighted by atomic mass is 9.98. The number of carbonyl (C=O) groups is 2. The molecule has 0 bridgehead atoms. The fourth-order valence-corrected chi connectivity index (χ4v) is 3.50. The van der Waals surface area contributed by atoms with Crippen LogP contribution in [0.4, 0.5) is 8.78 Å². The number of piperidine rings is 1. The van der Waals surface area contributed by atoms with Crippen LogP contribution in [0.15, 0.2) is 18.2 Å². The number of halogens is 2. The molecule has 2 fully saturated rings. The molecule has 1 heterocycles. The van der Waals surface area contributed by atoms with Gasteiger partial charge in [0.1, 0.15) is 0 Å². The molecule has 1 aromatic rings. The first-order valence-electron chi connectivity index (χ1n) is 7.94. The highest BCUT2D eigenvalue weighted by Crippen LogP contribution is 2.49. The molecule has 0 aromatic heterocycles. The Kier molecular flexibility index (Phi) is 4.33. The van der Waals surface area contributed by atoms with Crippen LogP contribution in [0.25, 0.3) is 0 Å². The van der Waals surface area contributed by atoms with Crippen LogP contribution in [-0.2, 0) is 9.59 Å². The highest BCUT2D eigenvalue weighted by molar-refractivity contribution is 5.84. The molecule has 23 heavy (non-hydrogen) atoms. The molecule has 6 heteroatoms. The summed E-state index contributed by atoms with van der Waals surface area (Å²) in [6, 6.07) is 3.50. The minimum absolute atomic E-state index is 0.0334. The van der Waals surface area contributed by atoms with Gasteiger partial charge >= 0.3 is 5.97 Å². The van der Waals surface area contributed by atoms with E-state index in [0.29, 0.717) is 24.9 Å². The summed E-state index contributed by atoms with van der Waals surface area (Å²) in [6.45, 7) is 0.581. The van der Waals surface area contributed by atoms with Crippen molar-refractivity contribution in [3.05, 3.63) is 35.4 Å². The molecule has 1 aliphatic heterocycles. The van der Waals surface area contributed by atoms with Gasteiger partial charge in [-0.15, -0.1) is 0 Å².